The van der Waals surface area contributed by atoms with Gasteiger partial charge in [-0.3, -0.25) is 0 Å². The molecule has 1 aliphatic carbocycles. The van der Waals surface area contributed by atoms with Crippen LogP contribution in [0.2, 0.25) is 0 Å². The van der Waals surface area contributed by atoms with Gasteiger partial charge in [-0.25, -0.2) is 4.39 Å². The van der Waals surface area contributed by atoms with Crippen LogP contribution >= 0.6 is 11.6 Å². The number of alkyl halides is 1. The highest BCUT2D eigenvalue weighted by Crippen LogP contribution is 2.49. The first-order valence-electron chi connectivity index (χ1n) is 8.99. The zero-order valence-electron chi connectivity index (χ0n) is 15.2. The molecule has 0 aromatic heterocycles. The smallest absolute Gasteiger partial charge is 0.131 e. The molecule has 0 unspecified atom stereocenters. The Balaban J connectivity index is 2.17. The molecular formula is C22H26ClFO. The lowest BCUT2D eigenvalue weighted by Gasteiger charge is -2.40. The van der Waals surface area contributed by atoms with E-state index in [1.807, 2.05) is 12.1 Å². The summed E-state index contributed by atoms with van der Waals surface area (Å²) in [6.45, 7) is 4.66. The number of halogens is 2. The molecule has 1 nitrogen and oxygen atoms in total. The molecule has 1 atom stereocenters. The largest absolute Gasteiger partial charge is 0.497 e. The van der Waals surface area contributed by atoms with E-state index in [4.69, 9.17) is 16.3 Å². The SMILES string of the molecule is COc1ccc(F)c(-c2ccc(CCl)cc2[C@H]2CCCCC2(C)C)c1. The molecule has 0 N–H and O–H groups in total. The summed E-state index contributed by atoms with van der Waals surface area (Å²) in [6, 6.07) is 11.1. The Morgan fingerprint density at radius 3 is 2.60 bits per heavy atom. The average Bonchev–Trinajstić information content (AvgIpc) is 2.61. The lowest BCUT2D eigenvalue weighted by atomic mass is 9.65. The van der Waals surface area contributed by atoms with Crippen LogP contribution in [0.4, 0.5) is 4.39 Å². The highest BCUT2D eigenvalue weighted by atomic mass is 35.5. The van der Waals surface area contributed by atoms with Crippen LogP contribution in [-0.2, 0) is 5.88 Å². The normalized spacial score (nSPS) is 19.6. The van der Waals surface area contributed by atoms with Gasteiger partial charge in [0.25, 0.3) is 0 Å². The molecule has 0 aliphatic heterocycles. The second kappa shape index (κ2) is 7.37. The molecule has 1 fully saturated rings. The molecule has 1 saturated carbocycles. The molecule has 0 radical (unpaired) electrons. The van der Waals surface area contributed by atoms with Gasteiger partial charge in [0.2, 0.25) is 0 Å². The van der Waals surface area contributed by atoms with Crippen molar-refractivity contribution in [1.29, 1.82) is 0 Å². The zero-order chi connectivity index (χ0) is 18.0. The number of hydrogen-bond acceptors (Lipinski definition) is 1. The lowest BCUT2D eigenvalue weighted by Crippen LogP contribution is -2.26. The fourth-order valence-electron chi connectivity index (χ4n) is 4.14. The fraction of sp³-hybridized carbons (Fsp3) is 0.455. The second-order valence-corrected chi connectivity index (χ2v) is 7.96. The van der Waals surface area contributed by atoms with Gasteiger partial charge in [-0.2, -0.15) is 0 Å². The predicted molar refractivity (Wildman–Crippen MR) is 103 cm³/mol. The molecule has 0 saturated heterocycles. The number of benzene rings is 2. The van der Waals surface area contributed by atoms with Crippen LogP contribution in [0.15, 0.2) is 36.4 Å². The molecule has 25 heavy (non-hydrogen) atoms. The van der Waals surface area contributed by atoms with Gasteiger partial charge < -0.3 is 4.74 Å². The summed E-state index contributed by atoms with van der Waals surface area (Å²) < 4.78 is 19.9. The Labute approximate surface area is 155 Å². The van der Waals surface area contributed by atoms with Crippen molar-refractivity contribution in [3.8, 4) is 16.9 Å². The van der Waals surface area contributed by atoms with Gasteiger partial charge in [-0.15, -0.1) is 11.6 Å². The molecular weight excluding hydrogens is 335 g/mol. The van der Waals surface area contributed by atoms with Gasteiger partial charge in [0.05, 0.1) is 7.11 Å². The summed E-state index contributed by atoms with van der Waals surface area (Å²) in [7, 11) is 1.61. The highest BCUT2D eigenvalue weighted by molar-refractivity contribution is 6.17. The number of rotatable bonds is 4. The summed E-state index contributed by atoms with van der Waals surface area (Å²) in [5, 5.41) is 0. The maximum Gasteiger partial charge on any atom is 0.131 e. The molecule has 0 bridgehead atoms. The van der Waals surface area contributed by atoms with Gasteiger partial charge in [0.15, 0.2) is 0 Å². The Morgan fingerprint density at radius 2 is 1.92 bits per heavy atom. The van der Waals surface area contributed by atoms with Crippen molar-refractivity contribution in [2.24, 2.45) is 5.41 Å². The molecule has 0 spiro atoms. The van der Waals surface area contributed by atoms with E-state index in [1.54, 1.807) is 19.2 Å². The van der Waals surface area contributed by atoms with Crippen molar-refractivity contribution in [2.75, 3.05) is 7.11 Å². The van der Waals surface area contributed by atoms with Crippen molar-refractivity contribution in [3.05, 3.63) is 53.3 Å². The Bertz CT molecular complexity index is 754. The maximum atomic E-state index is 14.6. The maximum absolute atomic E-state index is 14.6. The number of hydrogen-bond donors (Lipinski definition) is 0. The quantitative estimate of drug-likeness (QED) is 0.537. The summed E-state index contributed by atoms with van der Waals surface area (Å²) in [5.41, 5.74) is 4.08. The van der Waals surface area contributed by atoms with Crippen molar-refractivity contribution in [1.82, 2.24) is 0 Å². The Kier molecular flexibility index (Phi) is 5.38. The van der Waals surface area contributed by atoms with Crippen LogP contribution in [0.5, 0.6) is 5.75 Å². The topological polar surface area (TPSA) is 9.23 Å². The van der Waals surface area contributed by atoms with Crippen molar-refractivity contribution in [3.63, 3.8) is 0 Å². The van der Waals surface area contributed by atoms with Crippen LogP contribution in [0.1, 0.15) is 56.6 Å². The fourth-order valence-corrected chi connectivity index (χ4v) is 4.30. The number of ether oxygens (including phenoxy) is 1. The molecule has 2 aromatic carbocycles. The minimum Gasteiger partial charge on any atom is -0.497 e. The van der Waals surface area contributed by atoms with E-state index in [2.05, 4.69) is 19.9 Å². The van der Waals surface area contributed by atoms with E-state index in [0.717, 1.165) is 17.5 Å². The lowest BCUT2D eigenvalue weighted by molar-refractivity contribution is 0.200. The first kappa shape index (κ1) is 18.3. The predicted octanol–water partition coefficient (Wildman–Crippen LogP) is 6.92. The minimum atomic E-state index is -0.214. The van der Waals surface area contributed by atoms with Crippen molar-refractivity contribution >= 4 is 11.6 Å². The van der Waals surface area contributed by atoms with Crippen LogP contribution in [-0.4, -0.2) is 7.11 Å². The van der Waals surface area contributed by atoms with E-state index in [1.165, 1.54) is 30.9 Å². The Hall–Kier alpha value is -1.54. The van der Waals surface area contributed by atoms with E-state index in [9.17, 15) is 4.39 Å². The zero-order valence-corrected chi connectivity index (χ0v) is 16.0. The number of methoxy groups -OCH3 is 1. The van der Waals surface area contributed by atoms with Crippen LogP contribution in [0.3, 0.4) is 0 Å². The van der Waals surface area contributed by atoms with Crippen molar-refractivity contribution in [2.45, 2.75) is 51.3 Å². The van der Waals surface area contributed by atoms with Gasteiger partial charge in [-0.05, 0) is 59.1 Å². The third-order valence-electron chi connectivity index (χ3n) is 5.62. The monoisotopic (exact) mass is 360 g/mol. The standard InChI is InChI=1S/C22H26ClFO/c1-22(2)11-5-4-6-20(22)18-12-15(14-23)7-9-17(18)19-13-16(25-3)8-10-21(19)24/h7-10,12-13,20H,4-6,11,14H2,1-3H3/t20-/m1/s1. The molecule has 134 valence electrons. The second-order valence-electron chi connectivity index (χ2n) is 7.69. The van der Waals surface area contributed by atoms with Gasteiger partial charge in [-0.1, -0.05) is 44.9 Å². The third-order valence-corrected chi connectivity index (χ3v) is 5.93. The van der Waals surface area contributed by atoms with E-state index < -0.39 is 0 Å². The molecule has 0 heterocycles. The van der Waals surface area contributed by atoms with E-state index in [-0.39, 0.29) is 11.2 Å². The molecule has 1 aliphatic rings. The summed E-state index contributed by atoms with van der Waals surface area (Å²) in [4.78, 5) is 0. The summed E-state index contributed by atoms with van der Waals surface area (Å²) >= 11 is 6.09. The highest BCUT2D eigenvalue weighted by Gasteiger charge is 2.35. The Morgan fingerprint density at radius 1 is 1.12 bits per heavy atom. The summed E-state index contributed by atoms with van der Waals surface area (Å²) in [6.07, 6.45) is 4.82. The van der Waals surface area contributed by atoms with E-state index in [0.29, 0.717) is 23.1 Å². The van der Waals surface area contributed by atoms with Crippen LogP contribution in [0, 0.1) is 11.2 Å². The van der Waals surface area contributed by atoms with Crippen LogP contribution < -0.4 is 4.74 Å². The van der Waals surface area contributed by atoms with E-state index >= 15 is 0 Å². The average molecular weight is 361 g/mol. The van der Waals surface area contributed by atoms with Gasteiger partial charge >= 0.3 is 0 Å². The first-order chi connectivity index (χ1) is 12.0. The first-order valence-corrected chi connectivity index (χ1v) is 9.52. The molecule has 3 rings (SSSR count). The van der Waals surface area contributed by atoms with Gasteiger partial charge in [0.1, 0.15) is 11.6 Å². The van der Waals surface area contributed by atoms with Crippen LogP contribution in [0.25, 0.3) is 11.1 Å². The molecule has 2 aromatic rings. The van der Waals surface area contributed by atoms with Gasteiger partial charge in [0, 0.05) is 11.4 Å². The molecule has 3 heteroatoms. The van der Waals surface area contributed by atoms with Crippen molar-refractivity contribution < 1.29 is 9.13 Å². The minimum absolute atomic E-state index is 0.202. The third kappa shape index (κ3) is 3.69. The summed E-state index contributed by atoms with van der Waals surface area (Å²) in [5.74, 6) is 1.34. The molecule has 0 amide bonds.